The Kier molecular flexibility index (Phi) is 5.62. The minimum atomic E-state index is -3.81. The van der Waals surface area contributed by atoms with E-state index in [2.05, 4.69) is 19.1 Å². The second-order valence-corrected chi connectivity index (χ2v) is 6.95. The highest BCUT2D eigenvalue weighted by molar-refractivity contribution is 7.89. The molecule has 0 amide bonds. The number of nitrogens with one attached hydrogen (secondary N) is 1. The molecule has 1 aliphatic rings. The van der Waals surface area contributed by atoms with Gasteiger partial charge in [-0.1, -0.05) is 6.07 Å². The molecule has 3 N–H and O–H groups in total. The van der Waals surface area contributed by atoms with Crippen LogP contribution in [0.4, 0.5) is 0 Å². The van der Waals surface area contributed by atoms with Crippen molar-refractivity contribution in [2.24, 2.45) is 15.1 Å². The van der Waals surface area contributed by atoms with Gasteiger partial charge in [0, 0.05) is 18.7 Å². The Hall–Kier alpha value is -2.33. The van der Waals surface area contributed by atoms with Crippen LogP contribution in [0.1, 0.15) is 17.8 Å². The number of ketones is 1. The fourth-order valence-electron chi connectivity index (χ4n) is 2.08. The van der Waals surface area contributed by atoms with E-state index in [1.165, 1.54) is 0 Å². The maximum Gasteiger partial charge on any atom is 0.345 e. The number of hydrogen-bond donors (Lipinski definition) is 2. The summed E-state index contributed by atoms with van der Waals surface area (Å²) in [5, 5.41) is 0. The molecule has 0 atom stereocenters. The van der Waals surface area contributed by atoms with Gasteiger partial charge >= 0.3 is 10.2 Å². The second-order valence-electron chi connectivity index (χ2n) is 5.62. The fraction of sp³-hybridized carbons (Fsp3) is 0.429. The predicted molar refractivity (Wildman–Crippen MR) is 90.9 cm³/mol. The summed E-state index contributed by atoms with van der Waals surface area (Å²) in [6.07, 6.45) is 0.763. The van der Waals surface area contributed by atoms with Gasteiger partial charge in [0.05, 0.1) is 5.69 Å². The smallest absolute Gasteiger partial charge is 0.345 e. The first kappa shape index (κ1) is 18.0. The van der Waals surface area contributed by atoms with Gasteiger partial charge in [0.1, 0.15) is 6.54 Å². The molecule has 130 valence electrons. The minimum Gasteiger partial charge on any atom is -0.380 e. The van der Waals surface area contributed by atoms with E-state index >= 15 is 0 Å². The summed E-state index contributed by atoms with van der Waals surface area (Å²) in [5.41, 5.74) is 7.19. The van der Waals surface area contributed by atoms with Crippen molar-refractivity contribution in [2.75, 3.05) is 20.6 Å². The van der Waals surface area contributed by atoms with Gasteiger partial charge in [0.15, 0.2) is 17.5 Å². The van der Waals surface area contributed by atoms with Gasteiger partial charge in [0.25, 0.3) is 0 Å². The standard InChI is InChI=1S/C14H20N6O3S/c1-20(2)9-11-5-3-4-10(17-11)6-7-12(21)8-16-14-13(15)18-24(22,23)19-14/h3-5H,6-9H2,1-2H3,(H2,15,18)(H,16,19). The zero-order chi connectivity index (χ0) is 17.7. The van der Waals surface area contributed by atoms with E-state index in [1.54, 1.807) is 0 Å². The molecule has 1 aliphatic heterocycles. The van der Waals surface area contributed by atoms with Crippen molar-refractivity contribution in [2.45, 2.75) is 19.4 Å². The van der Waals surface area contributed by atoms with Gasteiger partial charge in [0.2, 0.25) is 0 Å². The average molecular weight is 352 g/mol. The van der Waals surface area contributed by atoms with E-state index in [-0.39, 0.29) is 30.4 Å². The van der Waals surface area contributed by atoms with Crippen molar-refractivity contribution < 1.29 is 13.2 Å². The van der Waals surface area contributed by atoms with Crippen LogP contribution in [0, 0.1) is 0 Å². The first-order valence-corrected chi connectivity index (χ1v) is 8.73. The first-order valence-electron chi connectivity index (χ1n) is 7.29. The molecule has 10 heteroatoms. The predicted octanol–water partition coefficient (Wildman–Crippen LogP) is -0.751. The van der Waals surface area contributed by atoms with Gasteiger partial charge in [-0.2, -0.15) is 8.42 Å². The van der Waals surface area contributed by atoms with Crippen molar-refractivity contribution in [1.82, 2.24) is 14.6 Å². The molecular formula is C14H20N6O3S. The molecule has 0 saturated heterocycles. The topological polar surface area (TPSA) is 130 Å². The Morgan fingerprint density at radius 2 is 2.04 bits per heavy atom. The lowest BCUT2D eigenvalue weighted by molar-refractivity contribution is -0.117. The third-order valence-corrected chi connectivity index (χ3v) is 3.99. The van der Waals surface area contributed by atoms with Crippen LogP contribution in [0.3, 0.4) is 0 Å². The Bertz CT molecular complexity index is 785. The summed E-state index contributed by atoms with van der Waals surface area (Å²) >= 11 is 0. The van der Waals surface area contributed by atoms with Crippen molar-refractivity contribution >= 4 is 27.7 Å². The molecule has 1 aromatic rings. The van der Waals surface area contributed by atoms with Crippen LogP contribution in [0.25, 0.3) is 0 Å². The normalized spacial score (nSPS) is 17.8. The van der Waals surface area contributed by atoms with Crippen LogP contribution in [0.2, 0.25) is 0 Å². The van der Waals surface area contributed by atoms with Crippen molar-refractivity contribution in [3.8, 4) is 0 Å². The number of aliphatic imine (C=N–C) groups is 1. The van der Waals surface area contributed by atoms with Crippen LogP contribution in [0.15, 0.2) is 27.6 Å². The van der Waals surface area contributed by atoms with E-state index < -0.39 is 10.2 Å². The van der Waals surface area contributed by atoms with Crippen LogP contribution in [-0.2, 0) is 28.0 Å². The van der Waals surface area contributed by atoms with E-state index in [9.17, 15) is 13.2 Å². The van der Waals surface area contributed by atoms with E-state index in [4.69, 9.17) is 5.73 Å². The third-order valence-electron chi connectivity index (χ3n) is 3.10. The van der Waals surface area contributed by atoms with Gasteiger partial charge in [-0.05, 0) is 32.6 Å². The molecule has 0 radical (unpaired) electrons. The molecule has 0 aliphatic carbocycles. The zero-order valence-electron chi connectivity index (χ0n) is 13.6. The first-order chi connectivity index (χ1) is 11.2. The van der Waals surface area contributed by atoms with E-state index in [1.807, 2.05) is 37.2 Å². The average Bonchev–Trinajstić information content (AvgIpc) is 2.75. The lowest BCUT2D eigenvalue weighted by Gasteiger charge is -2.09. The van der Waals surface area contributed by atoms with Crippen LogP contribution in [-0.4, -0.2) is 56.4 Å². The summed E-state index contributed by atoms with van der Waals surface area (Å²) in [6.45, 7) is 0.569. The number of Topliss-reactive ketones (excluding diaryl/α,β-unsaturated/α-hetero) is 1. The van der Waals surface area contributed by atoms with Gasteiger partial charge in [-0.25, -0.2) is 4.72 Å². The monoisotopic (exact) mass is 352 g/mol. The van der Waals surface area contributed by atoms with Crippen LogP contribution in [0.5, 0.6) is 0 Å². The largest absolute Gasteiger partial charge is 0.380 e. The molecule has 9 nitrogen and oxygen atoms in total. The molecule has 0 saturated carbocycles. The molecule has 1 aromatic heterocycles. The third kappa shape index (κ3) is 5.39. The molecule has 2 heterocycles. The van der Waals surface area contributed by atoms with Crippen molar-refractivity contribution in [1.29, 1.82) is 0 Å². The van der Waals surface area contributed by atoms with Crippen molar-refractivity contribution in [3.63, 3.8) is 0 Å². The van der Waals surface area contributed by atoms with E-state index in [0.717, 1.165) is 17.9 Å². The van der Waals surface area contributed by atoms with Crippen LogP contribution < -0.4 is 10.5 Å². The number of rotatable bonds is 7. The number of nitrogens with zero attached hydrogens (tertiary/aromatic N) is 4. The van der Waals surface area contributed by atoms with Crippen LogP contribution >= 0.6 is 0 Å². The Morgan fingerprint density at radius 1 is 1.33 bits per heavy atom. The summed E-state index contributed by atoms with van der Waals surface area (Å²) in [5.74, 6) is -0.462. The molecule has 0 aromatic carbocycles. The molecule has 0 fully saturated rings. The molecular weight excluding hydrogens is 332 g/mol. The summed E-state index contributed by atoms with van der Waals surface area (Å²) in [6, 6.07) is 5.72. The molecule has 0 spiro atoms. The van der Waals surface area contributed by atoms with Gasteiger partial charge < -0.3 is 10.6 Å². The maximum atomic E-state index is 11.9. The Morgan fingerprint density at radius 3 is 2.67 bits per heavy atom. The van der Waals surface area contributed by atoms with Crippen molar-refractivity contribution in [3.05, 3.63) is 29.6 Å². The quantitative estimate of drug-likeness (QED) is 0.664. The fourth-order valence-corrected chi connectivity index (χ4v) is 2.88. The maximum absolute atomic E-state index is 11.9. The summed E-state index contributed by atoms with van der Waals surface area (Å²) in [7, 11) is 0.118. The number of pyridine rings is 1. The Labute approximate surface area is 140 Å². The SMILES string of the molecule is CN(C)Cc1cccc(CCC(=O)CN=C2NS(=O)(=O)N=C2N)n1. The minimum absolute atomic E-state index is 0.0885. The zero-order valence-corrected chi connectivity index (χ0v) is 14.4. The molecule has 2 rings (SSSR count). The highest BCUT2D eigenvalue weighted by Crippen LogP contribution is 2.05. The van der Waals surface area contributed by atoms with E-state index in [0.29, 0.717) is 6.42 Å². The number of aromatic nitrogens is 1. The number of amidine groups is 2. The summed E-state index contributed by atoms with van der Waals surface area (Å²) in [4.78, 5) is 22.3. The second kappa shape index (κ2) is 7.49. The number of hydrogen-bond acceptors (Lipinski definition) is 7. The van der Waals surface area contributed by atoms with Gasteiger partial charge in [-0.15, -0.1) is 4.40 Å². The highest BCUT2D eigenvalue weighted by Gasteiger charge is 2.23. The number of carbonyl (C=O) groups excluding carboxylic acids is 1. The molecule has 0 bridgehead atoms. The molecule has 24 heavy (non-hydrogen) atoms. The number of carbonyl (C=O) groups is 1. The Balaban J connectivity index is 1.87. The number of nitrogens with two attached hydrogens (primary N) is 1. The van der Waals surface area contributed by atoms with Gasteiger partial charge in [-0.3, -0.25) is 14.8 Å². The lowest BCUT2D eigenvalue weighted by Crippen LogP contribution is -2.31. The summed E-state index contributed by atoms with van der Waals surface area (Å²) < 4.78 is 27.6. The highest BCUT2D eigenvalue weighted by atomic mass is 32.2. The molecule has 0 unspecified atom stereocenters. The number of aryl methyl sites for hydroxylation is 1. The lowest BCUT2D eigenvalue weighted by atomic mass is 10.1.